The van der Waals surface area contributed by atoms with E-state index >= 15 is 0 Å². The van der Waals surface area contributed by atoms with E-state index in [-0.39, 0.29) is 30.5 Å². The standard InChI is InChI=1S/C30H31N5O5/c1-5-40-30(39)19-11-13-21-23(15-19)33-29(38)26(21)27(18-9-7-6-8-10-18)32-20-12-14-24(22(16-20)28(31)37)35(4)25(36)17-34(2)3/h6-16,32H,5,17H2,1-4H3,(H2,31,37)(H,33,38)/b27-26-. The Balaban J connectivity index is 1.79. The van der Waals surface area contributed by atoms with Gasteiger partial charge in [0.05, 0.1) is 46.9 Å². The molecule has 0 saturated heterocycles. The minimum absolute atomic E-state index is 0.146. The third-order valence-electron chi connectivity index (χ3n) is 6.31. The zero-order chi connectivity index (χ0) is 29.0. The summed E-state index contributed by atoms with van der Waals surface area (Å²) in [4.78, 5) is 53.7. The first-order valence-electron chi connectivity index (χ1n) is 12.7. The van der Waals surface area contributed by atoms with Crippen molar-refractivity contribution in [3.63, 3.8) is 0 Å². The lowest BCUT2D eigenvalue weighted by molar-refractivity contribution is -0.119. The number of hydrogen-bond acceptors (Lipinski definition) is 7. The van der Waals surface area contributed by atoms with Gasteiger partial charge in [-0.15, -0.1) is 0 Å². The summed E-state index contributed by atoms with van der Waals surface area (Å²) in [6.07, 6.45) is 0. The van der Waals surface area contributed by atoms with Crippen LogP contribution in [0.1, 0.15) is 38.8 Å². The number of fused-ring (bicyclic) bond motifs is 1. The largest absolute Gasteiger partial charge is 0.462 e. The van der Waals surface area contributed by atoms with Crippen molar-refractivity contribution >= 4 is 52.0 Å². The minimum Gasteiger partial charge on any atom is -0.462 e. The second-order valence-electron chi connectivity index (χ2n) is 9.46. The number of nitrogens with one attached hydrogen (secondary N) is 2. The number of nitrogens with two attached hydrogens (primary N) is 1. The van der Waals surface area contributed by atoms with Crippen LogP contribution in [0, 0.1) is 0 Å². The first-order valence-corrected chi connectivity index (χ1v) is 12.7. The molecule has 10 nitrogen and oxygen atoms in total. The van der Waals surface area contributed by atoms with Crippen molar-refractivity contribution in [1.29, 1.82) is 0 Å². The molecule has 0 fully saturated rings. The van der Waals surface area contributed by atoms with Gasteiger partial charge < -0.3 is 30.9 Å². The number of carbonyl (C=O) groups is 4. The van der Waals surface area contributed by atoms with Crippen molar-refractivity contribution in [1.82, 2.24) is 4.90 Å². The average molecular weight is 542 g/mol. The molecule has 4 N–H and O–H groups in total. The molecule has 206 valence electrons. The van der Waals surface area contributed by atoms with Crippen LogP contribution in [0.25, 0.3) is 11.3 Å². The number of benzene rings is 3. The fraction of sp³-hybridized carbons (Fsp3) is 0.200. The molecule has 0 aliphatic carbocycles. The van der Waals surface area contributed by atoms with E-state index in [0.29, 0.717) is 39.5 Å². The van der Waals surface area contributed by atoms with Crippen LogP contribution >= 0.6 is 0 Å². The van der Waals surface area contributed by atoms with Gasteiger partial charge in [-0.25, -0.2) is 4.79 Å². The molecule has 3 aromatic rings. The van der Waals surface area contributed by atoms with Crippen molar-refractivity contribution < 1.29 is 23.9 Å². The number of amides is 3. The average Bonchev–Trinajstić information content (AvgIpc) is 3.26. The Kier molecular flexibility index (Phi) is 8.30. The molecule has 0 aromatic heterocycles. The van der Waals surface area contributed by atoms with Gasteiger partial charge in [-0.2, -0.15) is 0 Å². The number of carbonyl (C=O) groups excluding carboxylic acids is 4. The topological polar surface area (TPSA) is 134 Å². The predicted octanol–water partition coefficient (Wildman–Crippen LogP) is 3.42. The fourth-order valence-corrected chi connectivity index (χ4v) is 4.41. The predicted molar refractivity (Wildman–Crippen MR) is 155 cm³/mol. The highest BCUT2D eigenvalue weighted by atomic mass is 16.5. The quantitative estimate of drug-likeness (QED) is 0.279. The SMILES string of the molecule is CCOC(=O)c1ccc2c(c1)NC(=O)/C2=C(\Nc1ccc(N(C)C(=O)CN(C)C)c(C(N)=O)c1)c1ccccc1. The molecule has 0 unspecified atom stereocenters. The highest BCUT2D eigenvalue weighted by Gasteiger charge is 2.30. The summed E-state index contributed by atoms with van der Waals surface area (Å²) in [5.41, 5.74) is 9.68. The Morgan fingerprint density at radius 2 is 1.68 bits per heavy atom. The third kappa shape index (κ3) is 5.87. The van der Waals surface area contributed by atoms with Gasteiger partial charge in [0.1, 0.15) is 0 Å². The van der Waals surface area contributed by atoms with E-state index in [1.54, 1.807) is 69.4 Å². The summed E-state index contributed by atoms with van der Waals surface area (Å²) in [5, 5.41) is 6.13. The van der Waals surface area contributed by atoms with Gasteiger partial charge in [0, 0.05) is 18.3 Å². The number of primary amides is 1. The lowest BCUT2D eigenvalue weighted by atomic mass is 9.98. The Morgan fingerprint density at radius 1 is 0.950 bits per heavy atom. The molecule has 40 heavy (non-hydrogen) atoms. The van der Waals surface area contributed by atoms with Gasteiger partial charge >= 0.3 is 5.97 Å². The van der Waals surface area contributed by atoms with E-state index < -0.39 is 11.9 Å². The van der Waals surface area contributed by atoms with E-state index in [4.69, 9.17) is 10.5 Å². The van der Waals surface area contributed by atoms with Crippen LogP contribution in [0.5, 0.6) is 0 Å². The van der Waals surface area contributed by atoms with E-state index in [0.717, 1.165) is 5.56 Å². The maximum absolute atomic E-state index is 13.3. The van der Waals surface area contributed by atoms with Crippen LogP contribution in [0.4, 0.5) is 17.1 Å². The Morgan fingerprint density at radius 3 is 2.33 bits per heavy atom. The smallest absolute Gasteiger partial charge is 0.338 e. The number of rotatable bonds is 9. The fourth-order valence-electron chi connectivity index (χ4n) is 4.41. The molecule has 0 atom stereocenters. The van der Waals surface area contributed by atoms with Gasteiger partial charge in [0.15, 0.2) is 0 Å². The number of anilines is 3. The van der Waals surface area contributed by atoms with Crippen molar-refractivity contribution in [2.24, 2.45) is 5.73 Å². The second-order valence-corrected chi connectivity index (χ2v) is 9.46. The van der Waals surface area contributed by atoms with Crippen LogP contribution in [0.3, 0.4) is 0 Å². The van der Waals surface area contributed by atoms with Gasteiger partial charge in [0.25, 0.3) is 11.8 Å². The number of ether oxygens (including phenoxy) is 1. The molecule has 3 amide bonds. The molecule has 0 bridgehead atoms. The summed E-state index contributed by atoms with van der Waals surface area (Å²) in [5.74, 6) is -1.75. The Labute approximate surface area is 232 Å². The van der Waals surface area contributed by atoms with Crippen LogP contribution in [-0.2, 0) is 14.3 Å². The summed E-state index contributed by atoms with van der Waals surface area (Å²) in [7, 11) is 5.14. The molecule has 0 radical (unpaired) electrons. The van der Waals surface area contributed by atoms with E-state index in [1.165, 1.54) is 4.90 Å². The highest BCUT2D eigenvalue weighted by molar-refractivity contribution is 6.37. The van der Waals surface area contributed by atoms with E-state index in [2.05, 4.69) is 10.6 Å². The Bertz CT molecular complexity index is 1510. The Hall–Kier alpha value is -4.96. The van der Waals surface area contributed by atoms with Gasteiger partial charge in [0.2, 0.25) is 5.91 Å². The lowest BCUT2D eigenvalue weighted by Crippen LogP contribution is -2.36. The van der Waals surface area contributed by atoms with Crippen LogP contribution in [0.15, 0.2) is 66.7 Å². The maximum atomic E-state index is 13.3. The lowest BCUT2D eigenvalue weighted by Gasteiger charge is -2.23. The molecule has 1 heterocycles. The van der Waals surface area contributed by atoms with Crippen LogP contribution < -0.4 is 21.3 Å². The number of hydrogen-bond donors (Lipinski definition) is 3. The van der Waals surface area contributed by atoms with Crippen molar-refractivity contribution in [2.75, 3.05) is 49.8 Å². The van der Waals surface area contributed by atoms with Crippen LogP contribution in [-0.4, -0.2) is 62.9 Å². The number of esters is 1. The van der Waals surface area contributed by atoms with E-state index in [1.807, 2.05) is 30.3 Å². The summed E-state index contributed by atoms with van der Waals surface area (Å²) < 4.78 is 5.09. The number of likely N-dealkylation sites (N-methyl/N-ethyl adjacent to an activating group) is 2. The molecule has 1 aliphatic rings. The molecule has 3 aromatic carbocycles. The zero-order valence-corrected chi connectivity index (χ0v) is 22.8. The molecule has 1 aliphatic heterocycles. The molecule has 0 saturated carbocycles. The number of nitrogens with zero attached hydrogens (tertiary/aromatic N) is 2. The normalized spacial score (nSPS) is 13.4. The minimum atomic E-state index is -0.701. The van der Waals surface area contributed by atoms with Gasteiger partial charge in [-0.05, 0) is 56.9 Å². The third-order valence-corrected chi connectivity index (χ3v) is 6.31. The summed E-state index contributed by atoms with van der Waals surface area (Å²) >= 11 is 0. The van der Waals surface area contributed by atoms with E-state index in [9.17, 15) is 19.2 Å². The second kappa shape index (κ2) is 11.8. The summed E-state index contributed by atoms with van der Waals surface area (Å²) in [6.45, 7) is 2.12. The first-order chi connectivity index (χ1) is 19.1. The van der Waals surface area contributed by atoms with Crippen LogP contribution in [0.2, 0.25) is 0 Å². The molecule has 0 spiro atoms. The summed E-state index contributed by atoms with van der Waals surface area (Å²) in [6, 6.07) is 19.1. The highest BCUT2D eigenvalue weighted by Crippen LogP contribution is 2.38. The van der Waals surface area contributed by atoms with Crippen molar-refractivity contribution in [3.05, 3.63) is 89.0 Å². The van der Waals surface area contributed by atoms with Crippen molar-refractivity contribution in [3.8, 4) is 0 Å². The molecular formula is C30H31N5O5. The van der Waals surface area contributed by atoms with Crippen molar-refractivity contribution in [2.45, 2.75) is 6.92 Å². The van der Waals surface area contributed by atoms with Gasteiger partial charge in [-0.1, -0.05) is 36.4 Å². The molecule has 10 heteroatoms. The first kappa shape index (κ1) is 28.1. The molecular weight excluding hydrogens is 510 g/mol. The molecule has 4 rings (SSSR count). The monoisotopic (exact) mass is 541 g/mol. The van der Waals surface area contributed by atoms with Gasteiger partial charge in [-0.3, -0.25) is 14.4 Å². The maximum Gasteiger partial charge on any atom is 0.338 e. The zero-order valence-electron chi connectivity index (χ0n) is 22.8.